The molecule has 3 heterocycles. The molecule has 2 aromatic carbocycles. The molecule has 0 unspecified atom stereocenters. The van der Waals surface area contributed by atoms with Gasteiger partial charge in [0.2, 0.25) is 0 Å². The summed E-state index contributed by atoms with van der Waals surface area (Å²) in [6.45, 7) is 4.49. The molecule has 234 valence electrons. The maximum Gasteiger partial charge on any atom is 0.131 e. The highest BCUT2D eigenvalue weighted by Gasteiger charge is 2.20. The van der Waals surface area contributed by atoms with Gasteiger partial charge in [-0.15, -0.1) is 34.0 Å². The van der Waals surface area contributed by atoms with Crippen LogP contribution in [0.25, 0.3) is 25.6 Å². The van der Waals surface area contributed by atoms with E-state index in [2.05, 4.69) is 116 Å². The molecule has 5 aromatic rings. The van der Waals surface area contributed by atoms with Crippen LogP contribution in [0.1, 0.15) is 81.2 Å². The summed E-state index contributed by atoms with van der Waals surface area (Å²) in [6, 6.07) is 34.6. The normalized spacial score (nSPS) is 10.8. The van der Waals surface area contributed by atoms with Crippen molar-refractivity contribution < 1.29 is 0 Å². The summed E-state index contributed by atoms with van der Waals surface area (Å²) in [6.07, 6.45) is 13.5. The first-order chi connectivity index (χ1) is 22.6. The number of hydrogen-bond donors (Lipinski definition) is 0. The zero-order valence-electron chi connectivity index (χ0n) is 26.8. The lowest BCUT2D eigenvalue weighted by atomic mass is 10.0. The lowest BCUT2D eigenvalue weighted by Crippen LogP contribution is -2.07. The standard InChI is InChI=1S/C40H41N3S3/c1-3-5-7-11-17-31-26-38(44-36(31)25-30(28-41)29-42)40-32(18-12-8-6-4-2)27-37(46-40)35-23-24-39(45-35)43(33-19-13-9-14-20-33)34-21-15-10-16-22-34/h9-10,13-16,19-27H,3-8,11-12,17-18H2,1-2H3. The van der Waals surface area contributed by atoms with Crippen molar-refractivity contribution in [2.75, 3.05) is 4.90 Å². The minimum Gasteiger partial charge on any atom is -0.302 e. The van der Waals surface area contributed by atoms with Gasteiger partial charge in [-0.05, 0) is 91.4 Å². The zero-order chi connectivity index (χ0) is 32.1. The van der Waals surface area contributed by atoms with Gasteiger partial charge < -0.3 is 4.90 Å². The Bertz CT molecular complexity index is 1740. The molecule has 0 saturated heterocycles. The van der Waals surface area contributed by atoms with E-state index in [9.17, 15) is 10.5 Å². The molecule has 0 spiro atoms. The summed E-state index contributed by atoms with van der Waals surface area (Å²) in [4.78, 5) is 8.53. The minimum atomic E-state index is 0.169. The first-order valence-electron chi connectivity index (χ1n) is 16.4. The van der Waals surface area contributed by atoms with Crippen molar-refractivity contribution in [3.05, 3.63) is 107 Å². The van der Waals surface area contributed by atoms with Crippen LogP contribution in [0.3, 0.4) is 0 Å². The lowest BCUT2D eigenvalue weighted by molar-refractivity contribution is 0.667. The van der Waals surface area contributed by atoms with Crippen LogP contribution in [0, 0.1) is 22.7 Å². The number of rotatable bonds is 16. The fourth-order valence-electron chi connectivity index (χ4n) is 5.66. The number of allylic oxidation sites excluding steroid dienone is 1. The number of para-hydroxylation sites is 2. The number of nitrogens with zero attached hydrogens (tertiary/aromatic N) is 3. The Morgan fingerprint density at radius 1 is 0.630 bits per heavy atom. The van der Waals surface area contributed by atoms with Crippen LogP contribution in [0.2, 0.25) is 0 Å². The average Bonchev–Trinajstić information content (AvgIpc) is 3.84. The Morgan fingerprint density at radius 2 is 1.22 bits per heavy atom. The Kier molecular flexibility index (Phi) is 12.4. The first-order valence-corrected chi connectivity index (χ1v) is 18.9. The predicted molar refractivity (Wildman–Crippen MR) is 201 cm³/mol. The molecule has 0 saturated carbocycles. The second-order valence-corrected chi connectivity index (χ2v) is 14.7. The highest BCUT2D eigenvalue weighted by molar-refractivity contribution is 7.27. The molecule has 0 aliphatic heterocycles. The maximum atomic E-state index is 9.51. The fourth-order valence-corrected chi connectivity index (χ4v) is 9.29. The van der Waals surface area contributed by atoms with E-state index < -0.39 is 0 Å². The smallest absolute Gasteiger partial charge is 0.131 e. The number of anilines is 3. The van der Waals surface area contributed by atoms with Crippen molar-refractivity contribution in [1.82, 2.24) is 0 Å². The summed E-state index contributed by atoms with van der Waals surface area (Å²) >= 11 is 5.45. The van der Waals surface area contributed by atoms with E-state index in [-0.39, 0.29) is 5.57 Å². The van der Waals surface area contributed by atoms with Gasteiger partial charge in [-0.3, -0.25) is 0 Å². The largest absolute Gasteiger partial charge is 0.302 e. The average molecular weight is 660 g/mol. The van der Waals surface area contributed by atoms with Gasteiger partial charge in [-0.2, -0.15) is 10.5 Å². The minimum absolute atomic E-state index is 0.169. The van der Waals surface area contributed by atoms with Gasteiger partial charge in [0.15, 0.2) is 0 Å². The number of thiophene rings is 3. The van der Waals surface area contributed by atoms with Crippen molar-refractivity contribution >= 4 is 56.5 Å². The highest BCUT2D eigenvalue weighted by Crippen LogP contribution is 2.47. The number of hydrogen-bond acceptors (Lipinski definition) is 6. The van der Waals surface area contributed by atoms with Gasteiger partial charge in [0.1, 0.15) is 22.7 Å². The van der Waals surface area contributed by atoms with Gasteiger partial charge in [0.25, 0.3) is 0 Å². The van der Waals surface area contributed by atoms with Crippen molar-refractivity contribution in [3.8, 4) is 31.6 Å². The maximum absolute atomic E-state index is 9.51. The third-order valence-corrected chi connectivity index (χ3v) is 11.8. The van der Waals surface area contributed by atoms with Gasteiger partial charge in [-0.25, -0.2) is 0 Å². The van der Waals surface area contributed by atoms with Crippen LogP contribution < -0.4 is 4.90 Å². The van der Waals surface area contributed by atoms with E-state index in [0.717, 1.165) is 35.5 Å². The van der Waals surface area contributed by atoms with E-state index in [1.54, 1.807) is 17.4 Å². The third kappa shape index (κ3) is 8.45. The molecule has 5 rings (SSSR count). The molecule has 0 N–H and O–H groups in total. The summed E-state index contributed by atoms with van der Waals surface area (Å²) in [5.41, 5.74) is 5.12. The van der Waals surface area contributed by atoms with Crippen LogP contribution in [0.5, 0.6) is 0 Å². The molecule has 6 heteroatoms. The molecule has 46 heavy (non-hydrogen) atoms. The molecule has 0 fully saturated rings. The predicted octanol–water partition coefficient (Wildman–Crippen LogP) is 13.4. The molecule has 0 amide bonds. The molecule has 0 atom stereocenters. The zero-order valence-corrected chi connectivity index (χ0v) is 29.2. The van der Waals surface area contributed by atoms with Crippen LogP contribution in [-0.4, -0.2) is 0 Å². The van der Waals surface area contributed by atoms with Gasteiger partial charge >= 0.3 is 0 Å². The van der Waals surface area contributed by atoms with Gasteiger partial charge in [0, 0.05) is 35.8 Å². The molecular weight excluding hydrogens is 619 g/mol. The first kappa shape index (κ1) is 33.4. The van der Waals surface area contributed by atoms with E-state index in [0.29, 0.717) is 0 Å². The molecule has 0 bridgehead atoms. The Labute approximate surface area is 286 Å². The molecular formula is C40H41N3S3. The Hall–Kier alpha value is -3.94. The molecule has 3 nitrogen and oxygen atoms in total. The quantitative estimate of drug-likeness (QED) is 0.0782. The summed E-state index contributed by atoms with van der Waals surface area (Å²) in [7, 11) is 0. The Morgan fingerprint density at radius 3 is 1.80 bits per heavy atom. The lowest BCUT2D eigenvalue weighted by Gasteiger charge is -2.23. The number of benzene rings is 2. The molecule has 3 aromatic heterocycles. The van der Waals surface area contributed by atoms with Crippen molar-refractivity contribution in [2.24, 2.45) is 0 Å². The van der Waals surface area contributed by atoms with Crippen molar-refractivity contribution in [3.63, 3.8) is 0 Å². The highest BCUT2D eigenvalue weighted by atomic mass is 32.1. The third-order valence-electron chi connectivity index (χ3n) is 8.07. The van der Waals surface area contributed by atoms with Crippen LogP contribution in [-0.2, 0) is 12.8 Å². The van der Waals surface area contributed by atoms with Gasteiger partial charge in [-0.1, -0.05) is 88.8 Å². The van der Waals surface area contributed by atoms with E-state index in [1.807, 2.05) is 22.7 Å². The Balaban J connectivity index is 1.53. The van der Waals surface area contributed by atoms with Crippen LogP contribution >= 0.6 is 34.0 Å². The number of aryl methyl sites for hydroxylation is 2. The molecule has 0 aliphatic rings. The summed E-state index contributed by atoms with van der Waals surface area (Å²) in [5.74, 6) is 0. The van der Waals surface area contributed by atoms with Crippen molar-refractivity contribution in [2.45, 2.75) is 78.1 Å². The van der Waals surface area contributed by atoms with Crippen LogP contribution in [0.15, 0.2) is 90.5 Å². The summed E-state index contributed by atoms with van der Waals surface area (Å²) in [5, 5.41) is 20.2. The summed E-state index contributed by atoms with van der Waals surface area (Å²) < 4.78 is 0. The monoisotopic (exact) mass is 659 g/mol. The second kappa shape index (κ2) is 17.1. The molecule has 0 radical (unpaired) electrons. The topological polar surface area (TPSA) is 50.8 Å². The number of nitriles is 2. The fraction of sp³-hybridized carbons (Fsp3) is 0.300. The second-order valence-electron chi connectivity index (χ2n) is 11.5. The number of unbranched alkanes of at least 4 members (excludes halogenated alkanes) is 6. The van der Waals surface area contributed by atoms with E-state index in [1.165, 1.54) is 80.6 Å². The van der Waals surface area contributed by atoms with E-state index in [4.69, 9.17) is 0 Å². The van der Waals surface area contributed by atoms with Crippen LogP contribution in [0.4, 0.5) is 16.4 Å². The van der Waals surface area contributed by atoms with Crippen molar-refractivity contribution in [1.29, 1.82) is 10.5 Å². The van der Waals surface area contributed by atoms with E-state index >= 15 is 0 Å². The SMILES string of the molecule is CCCCCCc1cc(-c2sc(-c3ccc(N(c4ccccc4)c4ccccc4)s3)cc2CCCCCC)sc1C=C(C#N)C#N. The molecule has 0 aliphatic carbocycles. The van der Waals surface area contributed by atoms with Gasteiger partial charge in [0.05, 0.1) is 0 Å².